The summed E-state index contributed by atoms with van der Waals surface area (Å²) >= 11 is 11.8. The van der Waals surface area contributed by atoms with Crippen molar-refractivity contribution < 1.29 is 0 Å². The van der Waals surface area contributed by atoms with Gasteiger partial charge in [-0.05, 0) is 31.8 Å². The molecule has 0 heterocycles. The third kappa shape index (κ3) is 2.85. The summed E-state index contributed by atoms with van der Waals surface area (Å²) in [5.41, 5.74) is 1.14. The lowest BCUT2D eigenvalue weighted by Crippen LogP contribution is -2.27. The first-order chi connectivity index (χ1) is 6.69. The minimum Gasteiger partial charge on any atom is -0.318 e. The Labute approximate surface area is 94.6 Å². The van der Waals surface area contributed by atoms with Crippen LogP contribution in [-0.4, -0.2) is 20.6 Å². The highest BCUT2D eigenvalue weighted by molar-refractivity contribution is 6.42. The van der Waals surface area contributed by atoms with Crippen molar-refractivity contribution >= 4 is 23.2 Å². The second-order valence-corrected chi connectivity index (χ2v) is 3.89. The highest BCUT2D eigenvalue weighted by atomic mass is 35.5. The summed E-state index contributed by atoms with van der Waals surface area (Å²) in [4.78, 5) is 0. The van der Waals surface area contributed by atoms with Gasteiger partial charge in [-0.2, -0.15) is 0 Å². The van der Waals surface area contributed by atoms with Gasteiger partial charge in [0.1, 0.15) is 0 Å². The van der Waals surface area contributed by atoms with Gasteiger partial charge in [-0.3, -0.25) is 0 Å². The van der Waals surface area contributed by atoms with E-state index in [9.17, 15) is 0 Å². The van der Waals surface area contributed by atoms with E-state index >= 15 is 0 Å². The zero-order valence-corrected chi connectivity index (χ0v) is 9.78. The normalized spacial score (nSPS) is 12.9. The molecule has 14 heavy (non-hydrogen) atoms. The largest absolute Gasteiger partial charge is 0.318 e. The first kappa shape index (κ1) is 11.8. The number of likely N-dealkylation sites (N-methyl/N-ethyl adjacent to an activating group) is 2. The fourth-order valence-corrected chi connectivity index (χ4v) is 1.63. The molecule has 1 aromatic rings. The number of hydrogen-bond acceptors (Lipinski definition) is 2. The lowest BCUT2D eigenvalue weighted by Gasteiger charge is -2.16. The minimum atomic E-state index is 0.259. The molecule has 1 aromatic carbocycles. The molecule has 0 aliphatic heterocycles. The molecule has 0 fully saturated rings. The van der Waals surface area contributed by atoms with Gasteiger partial charge in [0.15, 0.2) is 0 Å². The van der Waals surface area contributed by atoms with E-state index in [0.717, 1.165) is 12.1 Å². The Morgan fingerprint density at radius 1 is 1.21 bits per heavy atom. The van der Waals surface area contributed by atoms with Crippen LogP contribution >= 0.6 is 23.2 Å². The second kappa shape index (κ2) is 5.56. The SMILES string of the molecule is CNCC(NC)c1ccc(Cl)c(Cl)c1. The Kier molecular flexibility index (Phi) is 4.69. The van der Waals surface area contributed by atoms with Crippen LogP contribution in [0.2, 0.25) is 10.0 Å². The summed E-state index contributed by atoms with van der Waals surface area (Å²) in [6.07, 6.45) is 0. The van der Waals surface area contributed by atoms with E-state index < -0.39 is 0 Å². The highest BCUT2D eigenvalue weighted by Gasteiger charge is 2.09. The Hall–Kier alpha value is -0.280. The molecule has 0 radical (unpaired) electrons. The van der Waals surface area contributed by atoms with Crippen LogP contribution in [0.1, 0.15) is 11.6 Å². The zero-order valence-electron chi connectivity index (χ0n) is 8.27. The van der Waals surface area contributed by atoms with Crippen molar-refractivity contribution in [2.45, 2.75) is 6.04 Å². The number of rotatable bonds is 4. The lowest BCUT2D eigenvalue weighted by molar-refractivity contribution is 0.558. The maximum atomic E-state index is 5.93. The van der Waals surface area contributed by atoms with Crippen molar-refractivity contribution in [3.8, 4) is 0 Å². The standard InChI is InChI=1S/C10H14Cl2N2/c1-13-6-10(14-2)7-3-4-8(11)9(12)5-7/h3-5,10,13-14H,6H2,1-2H3. The summed E-state index contributed by atoms with van der Waals surface area (Å²) in [6, 6.07) is 5.95. The van der Waals surface area contributed by atoms with Crippen molar-refractivity contribution in [3.05, 3.63) is 33.8 Å². The number of hydrogen-bond donors (Lipinski definition) is 2. The van der Waals surface area contributed by atoms with Gasteiger partial charge in [0.25, 0.3) is 0 Å². The predicted molar refractivity (Wildman–Crippen MR) is 62.2 cm³/mol. The minimum absolute atomic E-state index is 0.259. The van der Waals surface area contributed by atoms with Crippen LogP contribution in [0.25, 0.3) is 0 Å². The van der Waals surface area contributed by atoms with Gasteiger partial charge in [0.2, 0.25) is 0 Å². The third-order valence-electron chi connectivity index (χ3n) is 2.10. The molecule has 0 bridgehead atoms. The number of nitrogens with one attached hydrogen (secondary N) is 2. The Morgan fingerprint density at radius 2 is 1.93 bits per heavy atom. The maximum absolute atomic E-state index is 5.93. The van der Waals surface area contributed by atoms with E-state index in [2.05, 4.69) is 10.6 Å². The molecular formula is C10H14Cl2N2. The van der Waals surface area contributed by atoms with Gasteiger partial charge in [0.05, 0.1) is 10.0 Å². The van der Waals surface area contributed by atoms with Crippen LogP contribution in [0, 0.1) is 0 Å². The molecule has 78 valence electrons. The molecule has 1 unspecified atom stereocenters. The molecular weight excluding hydrogens is 219 g/mol. The van der Waals surface area contributed by atoms with Crippen LogP contribution < -0.4 is 10.6 Å². The fourth-order valence-electron chi connectivity index (χ4n) is 1.32. The lowest BCUT2D eigenvalue weighted by atomic mass is 10.1. The highest BCUT2D eigenvalue weighted by Crippen LogP contribution is 2.25. The van der Waals surface area contributed by atoms with E-state index in [0.29, 0.717) is 10.0 Å². The summed E-state index contributed by atoms with van der Waals surface area (Å²) < 4.78 is 0. The number of halogens is 2. The van der Waals surface area contributed by atoms with Crippen LogP contribution in [0.15, 0.2) is 18.2 Å². The molecule has 0 amide bonds. The Morgan fingerprint density at radius 3 is 2.43 bits per heavy atom. The van der Waals surface area contributed by atoms with Crippen LogP contribution in [0.4, 0.5) is 0 Å². The molecule has 1 rings (SSSR count). The molecule has 1 atom stereocenters. The zero-order chi connectivity index (χ0) is 10.6. The molecule has 2 nitrogen and oxygen atoms in total. The monoisotopic (exact) mass is 232 g/mol. The second-order valence-electron chi connectivity index (χ2n) is 3.07. The molecule has 0 spiro atoms. The molecule has 2 N–H and O–H groups in total. The van der Waals surface area contributed by atoms with Crippen LogP contribution in [-0.2, 0) is 0 Å². The van der Waals surface area contributed by atoms with Crippen molar-refractivity contribution in [1.29, 1.82) is 0 Å². The van der Waals surface area contributed by atoms with Gasteiger partial charge < -0.3 is 10.6 Å². The van der Waals surface area contributed by atoms with E-state index in [1.54, 1.807) is 0 Å². The van der Waals surface area contributed by atoms with Gasteiger partial charge in [-0.1, -0.05) is 29.3 Å². The first-order valence-corrected chi connectivity index (χ1v) is 5.21. The first-order valence-electron chi connectivity index (χ1n) is 4.46. The topological polar surface area (TPSA) is 24.1 Å². The summed E-state index contributed by atoms with van der Waals surface area (Å²) in [6.45, 7) is 0.856. The van der Waals surface area contributed by atoms with Crippen LogP contribution in [0.5, 0.6) is 0 Å². The van der Waals surface area contributed by atoms with Gasteiger partial charge in [-0.15, -0.1) is 0 Å². The molecule has 0 aliphatic carbocycles. The smallest absolute Gasteiger partial charge is 0.0595 e. The Balaban J connectivity index is 2.88. The summed E-state index contributed by atoms with van der Waals surface area (Å²) in [5, 5.41) is 7.50. The molecule has 0 saturated carbocycles. The predicted octanol–water partition coefficient (Wildman–Crippen LogP) is 2.47. The molecule has 0 aromatic heterocycles. The van der Waals surface area contributed by atoms with Crippen LogP contribution in [0.3, 0.4) is 0 Å². The van der Waals surface area contributed by atoms with E-state index in [-0.39, 0.29) is 6.04 Å². The fraction of sp³-hybridized carbons (Fsp3) is 0.400. The van der Waals surface area contributed by atoms with E-state index in [4.69, 9.17) is 23.2 Å². The van der Waals surface area contributed by atoms with Gasteiger partial charge in [0, 0.05) is 12.6 Å². The average Bonchev–Trinajstić information content (AvgIpc) is 2.19. The van der Waals surface area contributed by atoms with Crippen molar-refractivity contribution in [2.24, 2.45) is 0 Å². The van der Waals surface area contributed by atoms with Crippen molar-refractivity contribution in [3.63, 3.8) is 0 Å². The average molecular weight is 233 g/mol. The number of benzene rings is 1. The third-order valence-corrected chi connectivity index (χ3v) is 2.84. The Bertz CT molecular complexity index is 302. The molecule has 0 aliphatic rings. The summed E-state index contributed by atoms with van der Waals surface area (Å²) in [5.74, 6) is 0. The van der Waals surface area contributed by atoms with Gasteiger partial charge in [-0.25, -0.2) is 0 Å². The quantitative estimate of drug-likeness (QED) is 0.834. The van der Waals surface area contributed by atoms with E-state index in [1.807, 2.05) is 32.3 Å². The molecule has 0 saturated heterocycles. The van der Waals surface area contributed by atoms with E-state index in [1.165, 1.54) is 0 Å². The van der Waals surface area contributed by atoms with Crippen molar-refractivity contribution in [1.82, 2.24) is 10.6 Å². The molecule has 4 heteroatoms. The maximum Gasteiger partial charge on any atom is 0.0595 e. The summed E-state index contributed by atoms with van der Waals surface area (Å²) in [7, 11) is 3.84. The van der Waals surface area contributed by atoms with Crippen molar-refractivity contribution in [2.75, 3.05) is 20.6 Å². The van der Waals surface area contributed by atoms with Gasteiger partial charge >= 0.3 is 0 Å².